The fourth-order valence-corrected chi connectivity index (χ4v) is 7.20. The summed E-state index contributed by atoms with van der Waals surface area (Å²) in [6.07, 6.45) is 7.64. The summed E-state index contributed by atoms with van der Waals surface area (Å²) in [5, 5.41) is 4.96. The van der Waals surface area contributed by atoms with Gasteiger partial charge in [-0.05, 0) is 69.3 Å². The van der Waals surface area contributed by atoms with Crippen LogP contribution in [0.3, 0.4) is 0 Å². The van der Waals surface area contributed by atoms with Crippen molar-refractivity contribution < 1.29 is 4.79 Å². The molecule has 0 saturated heterocycles. The van der Waals surface area contributed by atoms with Crippen LogP contribution in [0.15, 0.2) is 24.3 Å². The van der Waals surface area contributed by atoms with Gasteiger partial charge in [0.1, 0.15) is 9.88 Å². The summed E-state index contributed by atoms with van der Waals surface area (Å²) in [7, 11) is 0. The van der Waals surface area contributed by atoms with Crippen LogP contribution in [0.25, 0.3) is 10.6 Å². The highest BCUT2D eigenvalue weighted by Gasteiger charge is 2.51. The summed E-state index contributed by atoms with van der Waals surface area (Å²) in [6, 6.07) is 7.68. The Labute approximate surface area is 163 Å². The molecule has 3 nitrogen and oxygen atoms in total. The van der Waals surface area contributed by atoms with Gasteiger partial charge in [0.15, 0.2) is 0 Å². The summed E-state index contributed by atoms with van der Waals surface area (Å²) < 4.78 is 0. The monoisotopic (exact) mass is 386 g/mol. The molecule has 0 atom stereocenters. The molecule has 0 spiro atoms. The van der Waals surface area contributed by atoms with Crippen molar-refractivity contribution >= 4 is 28.8 Å². The van der Waals surface area contributed by atoms with Gasteiger partial charge in [0.05, 0.1) is 10.7 Å². The van der Waals surface area contributed by atoms with Crippen molar-refractivity contribution in [1.29, 1.82) is 0 Å². The molecule has 4 fully saturated rings. The first kappa shape index (κ1) is 16.8. The number of rotatable bonds is 3. The van der Waals surface area contributed by atoms with Gasteiger partial charge in [-0.25, -0.2) is 4.98 Å². The Kier molecular flexibility index (Phi) is 3.91. The van der Waals surface area contributed by atoms with Crippen LogP contribution < -0.4 is 5.32 Å². The molecule has 4 saturated carbocycles. The van der Waals surface area contributed by atoms with Gasteiger partial charge in [0.2, 0.25) is 0 Å². The fourth-order valence-electron chi connectivity index (χ4n) is 5.92. The zero-order valence-corrected chi connectivity index (χ0v) is 16.5. The Morgan fingerprint density at radius 3 is 2.38 bits per heavy atom. The molecule has 0 radical (unpaired) electrons. The zero-order chi connectivity index (χ0) is 17.9. The molecule has 1 aromatic carbocycles. The number of halogens is 1. The summed E-state index contributed by atoms with van der Waals surface area (Å²) in [4.78, 5) is 18.5. The second kappa shape index (κ2) is 6.07. The van der Waals surface area contributed by atoms with E-state index in [4.69, 9.17) is 11.6 Å². The molecule has 4 aliphatic rings. The van der Waals surface area contributed by atoms with Gasteiger partial charge in [0.25, 0.3) is 5.91 Å². The van der Waals surface area contributed by atoms with Gasteiger partial charge in [-0.2, -0.15) is 0 Å². The van der Waals surface area contributed by atoms with Crippen LogP contribution in [-0.4, -0.2) is 16.4 Å². The molecule has 1 heterocycles. The molecule has 5 heteroatoms. The normalized spacial score (nSPS) is 32.0. The summed E-state index contributed by atoms with van der Waals surface area (Å²) in [5.41, 5.74) is 1.73. The molecule has 4 bridgehead atoms. The molecule has 2 aromatic rings. The van der Waals surface area contributed by atoms with E-state index in [9.17, 15) is 4.79 Å². The second-order valence-corrected chi connectivity index (χ2v) is 9.97. The first-order valence-electron chi connectivity index (χ1n) is 9.56. The number of hydrogen-bond acceptors (Lipinski definition) is 3. The standard InChI is InChI=1S/C21H23ClN2OS/c1-12-18(26-20(23-12)16-4-2-3-5-17(16)22)19(25)24-21-9-13-6-14(10-21)8-15(7-13)11-21/h2-5,13-15H,6-11H2,1H3,(H,24,25). The average Bonchev–Trinajstić information content (AvgIpc) is 2.95. The highest BCUT2D eigenvalue weighted by Crippen LogP contribution is 2.55. The molecule has 0 unspecified atom stereocenters. The Balaban J connectivity index is 1.41. The van der Waals surface area contributed by atoms with Crippen molar-refractivity contribution in [2.45, 2.75) is 51.0 Å². The van der Waals surface area contributed by atoms with Crippen molar-refractivity contribution in [3.63, 3.8) is 0 Å². The molecule has 1 aromatic heterocycles. The number of aromatic nitrogens is 1. The number of nitrogens with one attached hydrogen (secondary N) is 1. The van der Waals surface area contributed by atoms with E-state index in [1.807, 2.05) is 31.2 Å². The zero-order valence-electron chi connectivity index (χ0n) is 14.9. The summed E-state index contributed by atoms with van der Waals surface area (Å²) >= 11 is 7.77. The molecule has 26 heavy (non-hydrogen) atoms. The maximum atomic E-state index is 13.1. The van der Waals surface area contributed by atoms with E-state index in [0.717, 1.165) is 38.9 Å². The summed E-state index contributed by atoms with van der Waals surface area (Å²) in [6.45, 7) is 1.92. The van der Waals surface area contributed by atoms with Crippen molar-refractivity contribution in [1.82, 2.24) is 10.3 Å². The third kappa shape index (κ3) is 2.78. The van der Waals surface area contributed by atoms with Crippen molar-refractivity contribution in [3.05, 3.63) is 39.9 Å². The van der Waals surface area contributed by atoms with E-state index in [2.05, 4.69) is 10.3 Å². The third-order valence-electron chi connectivity index (χ3n) is 6.52. The highest BCUT2D eigenvalue weighted by atomic mass is 35.5. The molecule has 4 aliphatic carbocycles. The number of aryl methyl sites for hydroxylation is 1. The Hall–Kier alpha value is -1.39. The lowest BCUT2D eigenvalue weighted by atomic mass is 9.53. The number of thiazole rings is 1. The van der Waals surface area contributed by atoms with Crippen molar-refractivity contribution in [3.8, 4) is 10.6 Å². The van der Waals surface area contributed by atoms with Gasteiger partial charge in [-0.1, -0.05) is 29.8 Å². The maximum Gasteiger partial charge on any atom is 0.263 e. The van der Waals surface area contributed by atoms with Gasteiger partial charge in [-0.15, -0.1) is 11.3 Å². The van der Waals surface area contributed by atoms with Gasteiger partial charge >= 0.3 is 0 Å². The van der Waals surface area contributed by atoms with E-state index in [1.54, 1.807) is 0 Å². The molecular weight excluding hydrogens is 364 g/mol. The quantitative estimate of drug-likeness (QED) is 0.759. The average molecular weight is 387 g/mol. The lowest BCUT2D eigenvalue weighted by Gasteiger charge is -2.56. The minimum absolute atomic E-state index is 0.0345. The molecule has 136 valence electrons. The lowest BCUT2D eigenvalue weighted by molar-refractivity contribution is -0.0166. The van der Waals surface area contributed by atoms with Gasteiger partial charge in [-0.3, -0.25) is 4.79 Å². The lowest BCUT2D eigenvalue weighted by Crippen LogP contribution is -2.59. The van der Waals surface area contributed by atoms with E-state index < -0.39 is 0 Å². The molecular formula is C21H23ClN2OS. The van der Waals surface area contributed by atoms with Crippen LogP contribution in [0, 0.1) is 24.7 Å². The number of carbonyl (C=O) groups is 1. The van der Waals surface area contributed by atoms with Crippen molar-refractivity contribution in [2.75, 3.05) is 0 Å². The predicted octanol–water partition coefficient (Wildman–Crippen LogP) is 5.47. The van der Waals surface area contributed by atoms with Gasteiger partial charge < -0.3 is 5.32 Å². The molecule has 0 aliphatic heterocycles. The third-order valence-corrected chi connectivity index (χ3v) is 8.04. The van der Waals surface area contributed by atoms with Crippen LogP contribution in [0.2, 0.25) is 5.02 Å². The van der Waals surface area contributed by atoms with Crippen LogP contribution in [0.4, 0.5) is 0 Å². The van der Waals surface area contributed by atoms with E-state index in [1.165, 1.54) is 49.9 Å². The first-order valence-corrected chi connectivity index (χ1v) is 10.8. The number of hydrogen-bond donors (Lipinski definition) is 1. The van der Waals surface area contributed by atoms with Crippen LogP contribution in [0.5, 0.6) is 0 Å². The highest BCUT2D eigenvalue weighted by molar-refractivity contribution is 7.17. The topological polar surface area (TPSA) is 42.0 Å². The number of carbonyl (C=O) groups excluding carboxylic acids is 1. The van der Waals surface area contributed by atoms with E-state index in [0.29, 0.717) is 5.02 Å². The predicted molar refractivity (Wildman–Crippen MR) is 106 cm³/mol. The molecule has 6 rings (SSSR count). The summed E-state index contributed by atoms with van der Waals surface area (Å²) in [5.74, 6) is 2.52. The van der Waals surface area contributed by atoms with Crippen LogP contribution >= 0.6 is 22.9 Å². The van der Waals surface area contributed by atoms with E-state index in [-0.39, 0.29) is 11.4 Å². The largest absolute Gasteiger partial charge is 0.346 e. The van der Waals surface area contributed by atoms with Crippen LogP contribution in [-0.2, 0) is 0 Å². The second-order valence-electron chi connectivity index (χ2n) is 8.57. The minimum Gasteiger partial charge on any atom is -0.346 e. The van der Waals surface area contributed by atoms with E-state index >= 15 is 0 Å². The van der Waals surface area contributed by atoms with Gasteiger partial charge in [0, 0.05) is 11.1 Å². The smallest absolute Gasteiger partial charge is 0.263 e. The minimum atomic E-state index is 0.0345. The Bertz CT molecular complexity index is 839. The SMILES string of the molecule is Cc1nc(-c2ccccc2Cl)sc1C(=O)NC12CC3CC(CC(C3)C1)C2. The maximum absolute atomic E-state index is 13.1. The molecule has 1 amide bonds. The van der Waals surface area contributed by atoms with Crippen LogP contribution in [0.1, 0.15) is 53.9 Å². The van der Waals surface area contributed by atoms with Crippen molar-refractivity contribution in [2.24, 2.45) is 17.8 Å². The Morgan fingerprint density at radius 2 is 1.77 bits per heavy atom. The number of nitrogens with zero attached hydrogens (tertiary/aromatic N) is 1. The Morgan fingerprint density at radius 1 is 1.15 bits per heavy atom. The fraction of sp³-hybridized carbons (Fsp3) is 0.524. The first-order chi connectivity index (χ1) is 12.5. The number of benzene rings is 1. The number of amides is 1. The molecule has 1 N–H and O–H groups in total.